The summed E-state index contributed by atoms with van der Waals surface area (Å²) in [5.74, 6) is 0.275. The number of rotatable bonds is 4. The van der Waals surface area contributed by atoms with E-state index in [9.17, 15) is 9.18 Å². The van der Waals surface area contributed by atoms with E-state index in [1.165, 1.54) is 12.1 Å². The van der Waals surface area contributed by atoms with Gasteiger partial charge >= 0.3 is 0 Å². The molecule has 0 spiro atoms. The van der Waals surface area contributed by atoms with E-state index in [-0.39, 0.29) is 30.2 Å². The number of hydrogen-bond donors (Lipinski definition) is 1. The zero-order valence-electron chi connectivity index (χ0n) is 14.3. The van der Waals surface area contributed by atoms with E-state index >= 15 is 0 Å². The lowest BCUT2D eigenvalue weighted by atomic mass is 10.0. The fraction of sp³-hybridized carbons (Fsp3) is 0.350. The molecular weight excluding hydrogens is 339 g/mol. The Morgan fingerprint density at radius 3 is 2.72 bits per heavy atom. The van der Waals surface area contributed by atoms with Crippen LogP contribution in [0.25, 0.3) is 0 Å². The summed E-state index contributed by atoms with van der Waals surface area (Å²) in [5.41, 5.74) is 8.56. The van der Waals surface area contributed by atoms with Gasteiger partial charge in [0.05, 0.1) is 6.04 Å². The van der Waals surface area contributed by atoms with E-state index in [1.807, 2.05) is 35.2 Å². The molecule has 3 rings (SSSR count). The molecular formula is C20H24ClFN2O. The molecule has 0 bridgehead atoms. The third-order valence-corrected chi connectivity index (χ3v) is 4.73. The zero-order valence-corrected chi connectivity index (χ0v) is 15.1. The molecule has 3 nitrogen and oxygen atoms in total. The monoisotopic (exact) mass is 362 g/mol. The van der Waals surface area contributed by atoms with Crippen LogP contribution in [0.2, 0.25) is 0 Å². The van der Waals surface area contributed by atoms with Gasteiger partial charge in [-0.3, -0.25) is 4.79 Å². The molecule has 1 amide bonds. The maximum Gasteiger partial charge on any atom is 0.223 e. The lowest BCUT2D eigenvalue weighted by Gasteiger charge is -2.25. The van der Waals surface area contributed by atoms with Crippen molar-refractivity contribution in [3.8, 4) is 0 Å². The number of nitrogens with zero attached hydrogens (tertiary/aromatic N) is 1. The molecule has 2 aromatic carbocycles. The van der Waals surface area contributed by atoms with Crippen molar-refractivity contribution in [1.29, 1.82) is 0 Å². The van der Waals surface area contributed by atoms with Crippen molar-refractivity contribution in [2.45, 2.75) is 32.2 Å². The number of carbonyl (C=O) groups excluding carboxylic acids is 1. The number of para-hydroxylation sites is 1. The molecule has 0 radical (unpaired) electrons. The number of amides is 1. The molecule has 1 aliphatic rings. The van der Waals surface area contributed by atoms with Crippen LogP contribution < -0.4 is 5.73 Å². The van der Waals surface area contributed by atoms with E-state index in [2.05, 4.69) is 6.92 Å². The molecule has 2 N–H and O–H groups in total. The van der Waals surface area contributed by atoms with Crippen molar-refractivity contribution >= 4 is 24.0 Å². The predicted octanol–water partition coefficient (Wildman–Crippen LogP) is 4.37. The first kappa shape index (κ1) is 19.3. The maximum atomic E-state index is 13.5. The molecule has 0 saturated carbocycles. The minimum atomic E-state index is -0.253. The van der Waals surface area contributed by atoms with Gasteiger partial charge in [-0.2, -0.15) is 0 Å². The number of aryl methyl sites for hydroxylation is 1. The largest absolute Gasteiger partial charge is 0.399 e. The van der Waals surface area contributed by atoms with Crippen molar-refractivity contribution in [3.05, 3.63) is 65.5 Å². The second-order valence-electron chi connectivity index (χ2n) is 6.66. The number of hydrogen-bond acceptors (Lipinski definition) is 2. The summed E-state index contributed by atoms with van der Waals surface area (Å²) in [5, 5.41) is 0. The molecule has 2 aromatic rings. The second kappa shape index (κ2) is 8.34. The number of likely N-dealkylation sites (tertiary alicyclic amines) is 1. The molecule has 1 heterocycles. The van der Waals surface area contributed by atoms with Gasteiger partial charge in [0.1, 0.15) is 5.82 Å². The van der Waals surface area contributed by atoms with Crippen molar-refractivity contribution in [2.75, 3.05) is 12.3 Å². The normalized spacial score (nSPS) is 19.5. The Morgan fingerprint density at radius 2 is 2.00 bits per heavy atom. The topological polar surface area (TPSA) is 46.3 Å². The highest BCUT2D eigenvalue weighted by Gasteiger charge is 2.33. The van der Waals surface area contributed by atoms with E-state index in [0.29, 0.717) is 18.8 Å². The summed E-state index contributed by atoms with van der Waals surface area (Å²) in [7, 11) is 0. The number of carbonyl (C=O) groups is 1. The highest BCUT2D eigenvalue weighted by atomic mass is 35.5. The summed E-state index contributed by atoms with van der Waals surface area (Å²) >= 11 is 0. The van der Waals surface area contributed by atoms with Gasteiger partial charge in [0, 0.05) is 18.7 Å². The van der Waals surface area contributed by atoms with Crippen LogP contribution in [0.4, 0.5) is 10.1 Å². The number of nitrogens with two attached hydrogens (primary N) is 1. The Bertz CT molecular complexity index is 737. The van der Waals surface area contributed by atoms with Gasteiger partial charge in [0.15, 0.2) is 0 Å². The molecule has 0 aliphatic carbocycles. The van der Waals surface area contributed by atoms with Crippen LogP contribution in [0.1, 0.15) is 36.9 Å². The van der Waals surface area contributed by atoms with Crippen LogP contribution in [0.3, 0.4) is 0 Å². The predicted molar refractivity (Wildman–Crippen MR) is 101 cm³/mol. The third kappa shape index (κ3) is 4.51. The van der Waals surface area contributed by atoms with Crippen molar-refractivity contribution < 1.29 is 9.18 Å². The van der Waals surface area contributed by atoms with Gasteiger partial charge in [0.2, 0.25) is 5.91 Å². The molecule has 1 aliphatic heterocycles. The smallest absolute Gasteiger partial charge is 0.223 e. The minimum absolute atomic E-state index is 0. The van der Waals surface area contributed by atoms with Gasteiger partial charge in [-0.25, -0.2) is 4.39 Å². The van der Waals surface area contributed by atoms with E-state index in [0.717, 1.165) is 29.8 Å². The number of benzene rings is 2. The SMILES string of the molecule is CC1CC(c2cccc(F)c2)N(C(=O)CCc2ccccc2N)C1.Cl. The molecule has 1 fully saturated rings. The second-order valence-corrected chi connectivity index (χ2v) is 6.66. The highest BCUT2D eigenvalue weighted by molar-refractivity contribution is 5.85. The van der Waals surface area contributed by atoms with Crippen LogP contribution in [0.15, 0.2) is 48.5 Å². The average Bonchev–Trinajstić information content (AvgIpc) is 2.96. The Kier molecular flexibility index (Phi) is 6.43. The van der Waals surface area contributed by atoms with Gasteiger partial charge in [-0.05, 0) is 48.1 Å². The average molecular weight is 363 g/mol. The summed E-state index contributed by atoms with van der Waals surface area (Å²) < 4.78 is 13.5. The van der Waals surface area contributed by atoms with E-state index in [1.54, 1.807) is 6.07 Å². The van der Waals surface area contributed by atoms with E-state index < -0.39 is 0 Å². The Morgan fingerprint density at radius 1 is 1.24 bits per heavy atom. The standard InChI is InChI=1S/C20H23FN2O.ClH/c1-14-11-19(16-6-4-7-17(21)12-16)23(13-14)20(24)10-9-15-5-2-3-8-18(15)22;/h2-8,12,14,19H,9-11,13,22H2,1H3;1H. The first-order valence-corrected chi connectivity index (χ1v) is 8.43. The summed E-state index contributed by atoms with van der Waals surface area (Å²) in [6, 6.07) is 14.2. The highest BCUT2D eigenvalue weighted by Crippen LogP contribution is 2.36. The molecule has 2 unspecified atom stereocenters. The van der Waals surface area contributed by atoms with Crippen molar-refractivity contribution in [2.24, 2.45) is 5.92 Å². The minimum Gasteiger partial charge on any atom is -0.399 e. The Balaban J connectivity index is 0.00000225. The zero-order chi connectivity index (χ0) is 17.1. The fourth-order valence-electron chi connectivity index (χ4n) is 3.50. The van der Waals surface area contributed by atoms with Crippen LogP contribution in [0, 0.1) is 11.7 Å². The van der Waals surface area contributed by atoms with Gasteiger partial charge in [-0.15, -0.1) is 12.4 Å². The maximum absolute atomic E-state index is 13.5. The molecule has 0 aromatic heterocycles. The number of nitrogen functional groups attached to an aromatic ring is 1. The molecule has 25 heavy (non-hydrogen) atoms. The fourth-order valence-corrected chi connectivity index (χ4v) is 3.50. The van der Waals surface area contributed by atoms with Crippen LogP contribution in [0.5, 0.6) is 0 Å². The van der Waals surface area contributed by atoms with Crippen LogP contribution >= 0.6 is 12.4 Å². The molecule has 5 heteroatoms. The summed E-state index contributed by atoms with van der Waals surface area (Å²) in [6.45, 7) is 2.86. The molecule has 1 saturated heterocycles. The third-order valence-electron chi connectivity index (χ3n) is 4.73. The lowest BCUT2D eigenvalue weighted by Crippen LogP contribution is -2.31. The number of anilines is 1. The summed E-state index contributed by atoms with van der Waals surface area (Å²) in [4.78, 5) is 14.6. The van der Waals surface area contributed by atoms with Gasteiger partial charge in [-0.1, -0.05) is 37.3 Å². The Hall–Kier alpha value is -2.07. The first-order chi connectivity index (χ1) is 11.5. The lowest BCUT2D eigenvalue weighted by molar-refractivity contribution is -0.132. The van der Waals surface area contributed by atoms with Crippen LogP contribution in [-0.2, 0) is 11.2 Å². The quantitative estimate of drug-likeness (QED) is 0.821. The first-order valence-electron chi connectivity index (χ1n) is 8.43. The van der Waals surface area contributed by atoms with Crippen molar-refractivity contribution in [3.63, 3.8) is 0 Å². The molecule has 2 atom stereocenters. The summed E-state index contributed by atoms with van der Waals surface area (Å²) in [6.07, 6.45) is 1.93. The number of halogens is 2. The van der Waals surface area contributed by atoms with Gasteiger partial charge in [0.25, 0.3) is 0 Å². The van der Waals surface area contributed by atoms with E-state index in [4.69, 9.17) is 5.73 Å². The van der Waals surface area contributed by atoms with Gasteiger partial charge < -0.3 is 10.6 Å². The Labute approximate surface area is 154 Å². The molecule has 134 valence electrons. The van der Waals surface area contributed by atoms with Crippen LogP contribution in [-0.4, -0.2) is 17.4 Å². The van der Waals surface area contributed by atoms with Crippen molar-refractivity contribution in [1.82, 2.24) is 4.90 Å².